The third-order valence-electron chi connectivity index (χ3n) is 9.67. The zero-order valence-electron chi connectivity index (χ0n) is 12.8. The van der Waals surface area contributed by atoms with Gasteiger partial charge in [0.15, 0.2) is 0 Å². The molecule has 2 amide bonds. The highest BCUT2D eigenvalue weighted by Gasteiger charge is 3.05. The molecule has 110 valence electrons. The number of carbonyl (C=O) groups excluding carboxylic acids is 2. The van der Waals surface area contributed by atoms with Gasteiger partial charge in [0, 0.05) is 7.05 Å². The van der Waals surface area contributed by atoms with Gasteiger partial charge in [-0.3, -0.25) is 14.5 Å². The number of carbonyl (C=O) groups is 2. The number of rotatable bonds is 0. The van der Waals surface area contributed by atoms with Gasteiger partial charge >= 0.3 is 0 Å². The minimum atomic E-state index is 0.0771. The van der Waals surface area contributed by atoms with E-state index < -0.39 is 0 Å². The van der Waals surface area contributed by atoms with Crippen LogP contribution in [0.4, 0.5) is 0 Å². The first-order valence-electron chi connectivity index (χ1n) is 8.70. The molecular weight excluding hydrogens is 262 g/mol. The summed E-state index contributed by atoms with van der Waals surface area (Å²) in [6, 6.07) is 0. The Labute approximate surface area is 124 Å². The van der Waals surface area contributed by atoms with Crippen LogP contribution >= 0.6 is 0 Å². The Kier molecular flexibility index (Phi) is 1.19. The summed E-state index contributed by atoms with van der Waals surface area (Å²) in [6.07, 6.45) is 2.67. The van der Waals surface area contributed by atoms with Gasteiger partial charge in [-0.2, -0.15) is 0 Å². The van der Waals surface area contributed by atoms with E-state index in [0.717, 1.165) is 23.7 Å². The minimum Gasteiger partial charge on any atom is -0.285 e. The lowest BCUT2D eigenvalue weighted by atomic mass is 9.01. The molecule has 8 fully saturated rings. The van der Waals surface area contributed by atoms with E-state index in [0.29, 0.717) is 28.1 Å². The topological polar surface area (TPSA) is 37.4 Å². The molecule has 1 aliphatic heterocycles. The molecule has 10 atom stereocenters. The maximum absolute atomic E-state index is 12.7. The minimum absolute atomic E-state index is 0.0771. The molecule has 3 nitrogen and oxygen atoms in total. The van der Waals surface area contributed by atoms with E-state index in [1.807, 2.05) is 0 Å². The van der Waals surface area contributed by atoms with Crippen LogP contribution in [-0.4, -0.2) is 23.8 Å². The van der Waals surface area contributed by atoms with Crippen LogP contribution in [0.2, 0.25) is 0 Å². The SMILES string of the molecule is CN1C(=O)[C@H]2[C@H](C1=O)[C@H]1[C@H]3[C@@H]4[C@@H]2[C@]25CC(C)(C)C[C@]12[C@@H]3[C@H]45. The van der Waals surface area contributed by atoms with Gasteiger partial charge in [0.2, 0.25) is 11.8 Å². The average molecular weight is 283 g/mol. The van der Waals surface area contributed by atoms with Crippen molar-refractivity contribution in [2.24, 2.45) is 63.6 Å². The maximum Gasteiger partial charge on any atom is 0.233 e. The molecule has 3 heteroatoms. The molecule has 7 aliphatic carbocycles. The number of hydrogen-bond donors (Lipinski definition) is 0. The largest absolute Gasteiger partial charge is 0.285 e. The van der Waals surface area contributed by atoms with Crippen LogP contribution in [0.1, 0.15) is 26.7 Å². The second-order valence-electron chi connectivity index (χ2n) is 10.1. The lowest BCUT2D eigenvalue weighted by Gasteiger charge is -3.02. The van der Waals surface area contributed by atoms with E-state index in [1.54, 1.807) is 7.05 Å². The Balaban J connectivity index is 1.49. The summed E-state index contributed by atoms with van der Waals surface area (Å²) in [6.45, 7) is 4.86. The third-order valence-corrected chi connectivity index (χ3v) is 9.67. The van der Waals surface area contributed by atoms with Crippen molar-refractivity contribution in [2.45, 2.75) is 26.7 Å². The van der Waals surface area contributed by atoms with E-state index in [9.17, 15) is 9.59 Å². The predicted octanol–water partition coefficient (Wildman–Crippen LogP) is 1.78. The molecule has 8 aliphatic rings. The maximum atomic E-state index is 12.7. The summed E-state index contributed by atoms with van der Waals surface area (Å²) in [4.78, 5) is 26.9. The lowest BCUT2D eigenvalue weighted by Crippen LogP contribution is -3.00. The van der Waals surface area contributed by atoms with Crippen LogP contribution in [0.3, 0.4) is 0 Å². The first kappa shape index (κ1) is 10.8. The van der Waals surface area contributed by atoms with Gasteiger partial charge in [-0.05, 0) is 64.6 Å². The van der Waals surface area contributed by atoms with Crippen LogP contribution in [0.25, 0.3) is 0 Å². The standard InChI is InChI=1S/C18H21NO2/c1-16(2)4-17-10-6-7-11(18(17,5-16)13(7)12(6)17)9-8(10)14(20)19(3)15(9)21/h6-13H,4-5H2,1-3H3/t6-,7-,8+,9+,10-,11+,12+,13+,17-,18+/m1/s1. The molecule has 2 spiro atoms. The smallest absolute Gasteiger partial charge is 0.233 e. The zero-order valence-corrected chi connectivity index (χ0v) is 12.8. The van der Waals surface area contributed by atoms with Gasteiger partial charge in [0.05, 0.1) is 11.8 Å². The highest BCUT2D eigenvalue weighted by molar-refractivity contribution is 6.06. The van der Waals surface area contributed by atoms with E-state index in [1.165, 1.54) is 17.7 Å². The summed E-state index contributed by atoms with van der Waals surface area (Å²) >= 11 is 0. The predicted molar refractivity (Wildman–Crippen MR) is 73.6 cm³/mol. The molecular formula is C18H21NO2. The lowest BCUT2D eigenvalue weighted by molar-refractivity contribution is -0.563. The van der Waals surface area contributed by atoms with E-state index >= 15 is 0 Å². The van der Waals surface area contributed by atoms with Crippen molar-refractivity contribution in [3.8, 4) is 0 Å². The van der Waals surface area contributed by atoms with Crippen LogP contribution in [0.5, 0.6) is 0 Å². The Morgan fingerprint density at radius 3 is 1.71 bits per heavy atom. The number of hydrogen-bond acceptors (Lipinski definition) is 2. The van der Waals surface area contributed by atoms with Gasteiger partial charge in [0.25, 0.3) is 0 Å². The zero-order chi connectivity index (χ0) is 14.3. The van der Waals surface area contributed by atoms with Crippen molar-refractivity contribution < 1.29 is 9.59 Å². The number of likely N-dealkylation sites (tertiary alicyclic amines) is 1. The van der Waals surface area contributed by atoms with E-state index in [2.05, 4.69) is 13.8 Å². The Morgan fingerprint density at radius 1 is 0.857 bits per heavy atom. The molecule has 0 aromatic rings. The molecule has 2 bridgehead atoms. The van der Waals surface area contributed by atoms with Crippen LogP contribution in [-0.2, 0) is 9.59 Å². The van der Waals surface area contributed by atoms with Crippen LogP contribution < -0.4 is 0 Å². The van der Waals surface area contributed by atoms with Crippen molar-refractivity contribution in [1.29, 1.82) is 0 Å². The van der Waals surface area contributed by atoms with Gasteiger partial charge in [0.1, 0.15) is 0 Å². The van der Waals surface area contributed by atoms with Crippen LogP contribution in [0.15, 0.2) is 0 Å². The first-order valence-corrected chi connectivity index (χ1v) is 8.70. The molecule has 1 heterocycles. The molecule has 8 rings (SSSR count). The molecule has 7 saturated carbocycles. The first-order chi connectivity index (χ1) is 9.88. The summed E-state index contributed by atoms with van der Waals surface area (Å²) in [5.74, 6) is 5.23. The Morgan fingerprint density at radius 2 is 1.29 bits per heavy atom. The van der Waals surface area contributed by atoms with Gasteiger partial charge in [-0.1, -0.05) is 13.8 Å². The van der Waals surface area contributed by atoms with Crippen molar-refractivity contribution in [3.63, 3.8) is 0 Å². The molecule has 0 aromatic carbocycles. The Bertz CT molecular complexity index is 641. The van der Waals surface area contributed by atoms with Gasteiger partial charge in [-0.25, -0.2) is 0 Å². The molecule has 0 radical (unpaired) electrons. The average Bonchev–Trinajstić information content (AvgIpc) is 2.76. The number of amides is 2. The van der Waals surface area contributed by atoms with E-state index in [4.69, 9.17) is 0 Å². The molecule has 0 N–H and O–H groups in total. The van der Waals surface area contributed by atoms with Crippen molar-refractivity contribution >= 4 is 11.8 Å². The monoisotopic (exact) mass is 283 g/mol. The second kappa shape index (κ2) is 2.32. The molecule has 0 aromatic heterocycles. The summed E-state index contributed by atoms with van der Waals surface area (Å²) in [5, 5.41) is 0. The van der Waals surface area contributed by atoms with Crippen molar-refractivity contribution in [2.75, 3.05) is 7.05 Å². The quantitative estimate of drug-likeness (QED) is 0.635. The third kappa shape index (κ3) is 0.608. The van der Waals surface area contributed by atoms with Gasteiger partial charge < -0.3 is 0 Å². The van der Waals surface area contributed by atoms with Crippen LogP contribution in [0, 0.1) is 63.6 Å². The second-order valence-corrected chi connectivity index (χ2v) is 10.1. The Hall–Kier alpha value is -0.860. The van der Waals surface area contributed by atoms with Gasteiger partial charge in [-0.15, -0.1) is 0 Å². The molecule has 0 unspecified atom stereocenters. The normalized spacial score (nSPS) is 72.0. The fourth-order valence-electron chi connectivity index (χ4n) is 10.3. The fraction of sp³-hybridized carbons (Fsp3) is 0.889. The highest BCUT2D eigenvalue weighted by Crippen LogP contribution is 3.07. The summed E-state index contributed by atoms with van der Waals surface area (Å²) < 4.78 is 0. The molecule has 1 saturated heterocycles. The van der Waals surface area contributed by atoms with Crippen molar-refractivity contribution in [1.82, 2.24) is 4.90 Å². The van der Waals surface area contributed by atoms with Crippen molar-refractivity contribution in [3.05, 3.63) is 0 Å². The number of nitrogens with zero attached hydrogens (tertiary/aromatic N) is 1. The number of imide groups is 1. The highest BCUT2D eigenvalue weighted by atomic mass is 16.2. The fourth-order valence-corrected chi connectivity index (χ4v) is 10.3. The van der Waals surface area contributed by atoms with E-state index in [-0.39, 0.29) is 23.7 Å². The molecule has 21 heavy (non-hydrogen) atoms. The summed E-state index contributed by atoms with van der Waals surface area (Å²) in [7, 11) is 1.72. The summed E-state index contributed by atoms with van der Waals surface area (Å²) in [5.41, 5.74) is 1.42.